The highest BCUT2D eigenvalue weighted by molar-refractivity contribution is 6.06. The third kappa shape index (κ3) is 2.03. The summed E-state index contributed by atoms with van der Waals surface area (Å²) in [5, 5.41) is 15.2. The van der Waals surface area contributed by atoms with E-state index in [2.05, 4.69) is 6.07 Å². The molecule has 3 rings (SSSR count). The van der Waals surface area contributed by atoms with E-state index in [0.717, 1.165) is 27.1 Å². The summed E-state index contributed by atoms with van der Waals surface area (Å²) in [5.41, 5.74) is 1.06. The molecule has 0 saturated heterocycles. The van der Waals surface area contributed by atoms with Gasteiger partial charge in [-0.1, -0.05) is 48.5 Å². The molecule has 3 heteroatoms. The molecule has 0 saturated carbocycles. The first-order chi connectivity index (χ1) is 9.66. The average Bonchev–Trinajstić information content (AvgIpc) is 2.46. The molecule has 3 aromatic rings. The Kier molecular flexibility index (Phi) is 2.95. The first-order valence-corrected chi connectivity index (χ1v) is 6.40. The summed E-state index contributed by atoms with van der Waals surface area (Å²) >= 11 is 0. The molecule has 3 nitrogen and oxygen atoms in total. The molecule has 0 spiro atoms. The van der Waals surface area contributed by atoms with Crippen LogP contribution in [0.4, 0.5) is 0 Å². The maximum absolute atomic E-state index is 10.9. The van der Waals surface area contributed by atoms with Gasteiger partial charge in [0.1, 0.15) is 0 Å². The van der Waals surface area contributed by atoms with Crippen LogP contribution < -0.4 is 0 Å². The number of hydrogen-bond donors (Lipinski definition) is 0. The van der Waals surface area contributed by atoms with Crippen LogP contribution in [0.25, 0.3) is 27.6 Å². The van der Waals surface area contributed by atoms with Crippen LogP contribution in [0.1, 0.15) is 12.5 Å². The minimum Gasteiger partial charge on any atom is -0.259 e. The van der Waals surface area contributed by atoms with E-state index in [1.807, 2.05) is 48.5 Å². The van der Waals surface area contributed by atoms with E-state index in [1.54, 1.807) is 6.08 Å². The van der Waals surface area contributed by atoms with Gasteiger partial charge in [0.15, 0.2) is 0 Å². The van der Waals surface area contributed by atoms with Crippen LogP contribution in [0.2, 0.25) is 0 Å². The Morgan fingerprint density at radius 3 is 2.00 bits per heavy atom. The Hall–Kier alpha value is -2.68. The molecule has 0 heterocycles. The molecule has 0 aliphatic carbocycles. The Morgan fingerprint density at radius 1 is 1.00 bits per heavy atom. The fourth-order valence-corrected chi connectivity index (χ4v) is 2.47. The molecule has 0 amide bonds. The lowest BCUT2D eigenvalue weighted by molar-refractivity contribution is -0.422. The standard InChI is InChI=1S/C17H13NO2/c1-12(18(19)20)10-17-15-8-4-2-6-13(15)11-14-7-3-5-9-16(14)17/h2-11H,1H3. The molecule has 3 aromatic carbocycles. The summed E-state index contributed by atoms with van der Waals surface area (Å²) in [6.45, 7) is 1.52. The van der Waals surface area contributed by atoms with Crippen LogP contribution in [0, 0.1) is 10.1 Å². The third-order valence-corrected chi connectivity index (χ3v) is 3.45. The van der Waals surface area contributed by atoms with Gasteiger partial charge in [-0.05, 0) is 33.2 Å². The highest BCUT2D eigenvalue weighted by Crippen LogP contribution is 2.30. The second-order valence-electron chi connectivity index (χ2n) is 4.78. The zero-order chi connectivity index (χ0) is 14.1. The summed E-state index contributed by atoms with van der Waals surface area (Å²) in [6.07, 6.45) is 1.66. The quantitative estimate of drug-likeness (QED) is 0.384. The maximum atomic E-state index is 10.9. The van der Waals surface area contributed by atoms with Crippen LogP contribution in [0.3, 0.4) is 0 Å². The monoisotopic (exact) mass is 263 g/mol. The molecule has 0 aliphatic heterocycles. The van der Waals surface area contributed by atoms with Crippen molar-refractivity contribution in [2.45, 2.75) is 6.92 Å². The Balaban J connectivity index is 2.45. The van der Waals surface area contributed by atoms with Gasteiger partial charge in [0.05, 0.1) is 4.92 Å². The number of nitro groups is 1. The van der Waals surface area contributed by atoms with Crippen molar-refractivity contribution in [1.29, 1.82) is 0 Å². The molecule has 0 atom stereocenters. The molecular formula is C17H13NO2. The number of allylic oxidation sites excluding steroid dienone is 1. The lowest BCUT2D eigenvalue weighted by Crippen LogP contribution is -1.94. The van der Waals surface area contributed by atoms with Crippen LogP contribution in [0.5, 0.6) is 0 Å². The molecule has 0 bridgehead atoms. The van der Waals surface area contributed by atoms with Gasteiger partial charge in [-0.15, -0.1) is 0 Å². The van der Waals surface area contributed by atoms with Crippen LogP contribution in [-0.4, -0.2) is 4.92 Å². The van der Waals surface area contributed by atoms with Crippen LogP contribution in [-0.2, 0) is 0 Å². The van der Waals surface area contributed by atoms with Crippen molar-refractivity contribution < 1.29 is 4.92 Å². The molecule has 0 aliphatic rings. The predicted molar refractivity (Wildman–Crippen MR) is 82.1 cm³/mol. The highest BCUT2D eigenvalue weighted by atomic mass is 16.6. The van der Waals surface area contributed by atoms with Gasteiger partial charge in [-0.25, -0.2) is 0 Å². The molecule has 0 radical (unpaired) electrons. The van der Waals surface area contributed by atoms with Crippen molar-refractivity contribution in [3.63, 3.8) is 0 Å². The lowest BCUT2D eigenvalue weighted by Gasteiger charge is -2.08. The van der Waals surface area contributed by atoms with Gasteiger partial charge in [-0.2, -0.15) is 0 Å². The van der Waals surface area contributed by atoms with Crippen LogP contribution >= 0.6 is 0 Å². The highest BCUT2D eigenvalue weighted by Gasteiger charge is 2.09. The van der Waals surface area contributed by atoms with Gasteiger partial charge < -0.3 is 0 Å². The first-order valence-electron chi connectivity index (χ1n) is 6.40. The lowest BCUT2D eigenvalue weighted by atomic mass is 9.96. The van der Waals surface area contributed by atoms with Crippen molar-refractivity contribution >= 4 is 27.6 Å². The normalized spacial score (nSPS) is 11.9. The summed E-state index contributed by atoms with van der Waals surface area (Å²) in [5.74, 6) is 0. The molecule has 20 heavy (non-hydrogen) atoms. The SMILES string of the molecule is CC(=Cc1c2ccccc2cc2ccccc12)[N+](=O)[O-]. The first kappa shape index (κ1) is 12.4. The van der Waals surface area contributed by atoms with Gasteiger partial charge in [0.25, 0.3) is 0 Å². The predicted octanol–water partition coefficient (Wildman–Crippen LogP) is 4.63. The second-order valence-corrected chi connectivity index (χ2v) is 4.78. The molecule has 0 N–H and O–H groups in total. The van der Waals surface area contributed by atoms with Crippen molar-refractivity contribution in [2.75, 3.05) is 0 Å². The van der Waals surface area contributed by atoms with Gasteiger partial charge >= 0.3 is 0 Å². The van der Waals surface area contributed by atoms with E-state index in [4.69, 9.17) is 0 Å². The zero-order valence-corrected chi connectivity index (χ0v) is 11.0. The summed E-state index contributed by atoms with van der Waals surface area (Å²) in [6, 6.07) is 18.0. The Labute approximate surface area is 116 Å². The smallest absolute Gasteiger partial charge is 0.243 e. The molecule has 98 valence electrons. The number of hydrogen-bond acceptors (Lipinski definition) is 2. The molecule has 0 fully saturated rings. The fourth-order valence-electron chi connectivity index (χ4n) is 2.47. The number of rotatable bonds is 2. The van der Waals surface area contributed by atoms with E-state index < -0.39 is 0 Å². The van der Waals surface area contributed by atoms with E-state index in [9.17, 15) is 10.1 Å². The minimum absolute atomic E-state index is 0.145. The van der Waals surface area contributed by atoms with Gasteiger partial charge in [0, 0.05) is 13.0 Å². The number of benzene rings is 3. The fraction of sp³-hybridized carbons (Fsp3) is 0.0588. The van der Waals surface area contributed by atoms with E-state index in [-0.39, 0.29) is 10.6 Å². The minimum atomic E-state index is -0.351. The van der Waals surface area contributed by atoms with Gasteiger partial charge in [0.2, 0.25) is 5.70 Å². The van der Waals surface area contributed by atoms with Crippen molar-refractivity contribution in [1.82, 2.24) is 0 Å². The summed E-state index contributed by atoms with van der Waals surface area (Å²) in [4.78, 5) is 10.6. The number of fused-ring (bicyclic) bond motifs is 2. The average molecular weight is 263 g/mol. The van der Waals surface area contributed by atoms with E-state index in [1.165, 1.54) is 6.92 Å². The van der Waals surface area contributed by atoms with Gasteiger partial charge in [-0.3, -0.25) is 10.1 Å². The Bertz CT molecular complexity index is 796. The zero-order valence-electron chi connectivity index (χ0n) is 11.0. The van der Waals surface area contributed by atoms with Crippen LogP contribution in [0.15, 0.2) is 60.3 Å². The summed E-state index contributed by atoms with van der Waals surface area (Å²) in [7, 11) is 0. The van der Waals surface area contributed by atoms with E-state index in [0.29, 0.717) is 0 Å². The number of nitrogens with zero attached hydrogens (tertiary/aromatic N) is 1. The summed E-state index contributed by atoms with van der Waals surface area (Å²) < 4.78 is 0. The third-order valence-electron chi connectivity index (χ3n) is 3.45. The topological polar surface area (TPSA) is 43.1 Å². The largest absolute Gasteiger partial charge is 0.259 e. The van der Waals surface area contributed by atoms with Crippen molar-refractivity contribution in [3.05, 3.63) is 76.0 Å². The van der Waals surface area contributed by atoms with E-state index >= 15 is 0 Å². The molecular weight excluding hydrogens is 250 g/mol. The van der Waals surface area contributed by atoms with Crippen molar-refractivity contribution in [3.8, 4) is 0 Å². The Morgan fingerprint density at radius 2 is 1.50 bits per heavy atom. The molecule has 0 unspecified atom stereocenters. The van der Waals surface area contributed by atoms with Crippen molar-refractivity contribution in [2.24, 2.45) is 0 Å². The molecule has 0 aromatic heterocycles. The second kappa shape index (κ2) is 4.78. The maximum Gasteiger partial charge on any atom is 0.243 e.